The fourth-order valence-electron chi connectivity index (χ4n) is 2.77. The molecule has 1 amide bonds. The summed E-state index contributed by atoms with van der Waals surface area (Å²) < 4.78 is 0. The molecular weight excluding hydrogens is 310 g/mol. The van der Waals surface area contributed by atoms with Crippen molar-refractivity contribution in [1.82, 2.24) is 15.5 Å². The Kier molecular flexibility index (Phi) is 5.12. The number of carbonyl (C=O) groups is 1. The monoisotopic (exact) mass is 329 g/mol. The predicted molar refractivity (Wildman–Crippen MR) is 91.4 cm³/mol. The van der Waals surface area contributed by atoms with Crippen LogP contribution in [0.1, 0.15) is 23.2 Å². The maximum atomic E-state index is 12.1. The standard InChI is InChI=1S/C17H19N3O2S/c21-16-9-13-8-14(6-7-15(13)19-20-16)18-17(22)11-23-10-12-4-2-1-3-5-12/h1-5,9,14H,6-8,10-11H2,(H,18,22)(H,20,21)/t14-/m0/s1. The molecule has 1 aromatic carbocycles. The number of hydrogen-bond donors (Lipinski definition) is 2. The lowest BCUT2D eigenvalue weighted by atomic mass is 9.92. The van der Waals surface area contributed by atoms with Crippen LogP contribution >= 0.6 is 11.8 Å². The average molecular weight is 329 g/mol. The number of aromatic nitrogens is 2. The van der Waals surface area contributed by atoms with Gasteiger partial charge in [-0.25, -0.2) is 5.10 Å². The van der Waals surface area contributed by atoms with Crippen LogP contribution in [-0.4, -0.2) is 27.9 Å². The summed E-state index contributed by atoms with van der Waals surface area (Å²) in [6, 6.07) is 11.8. The molecule has 1 heterocycles. The molecule has 0 saturated carbocycles. The van der Waals surface area contributed by atoms with Crippen LogP contribution in [-0.2, 0) is 23.4 Å². The van der Waals surface area contributed by atoms with Crippen molar-refractivity contribution in [3.63, 3.8) is 0 Å². The molecule has 6 heteroatoms. The van der Waals surface area contributed by atoms with Gasteiger partial charge in [0.1, 0.15) is 0 Å². The van der Waals surface area contributed by atoms with Gasteiger partial charge < -0.3 is 5.32 Å². The molecule has 1 atom stereocenters. The molecular formula is C17H19N3O2S. The van der Waals surface area contributed by atoms with Crippen LogP contribution in [0, 0.1) is 0 Å². The van der Waals surface area contributed by atoms with Crippen molar-refractivity contribution in [3.05, 3.63) is 63.6 Å². The van der Waals surface area contributed by atoms with Gasteiger partial charge in [-0.05, 0) is 30.4 Å². The molecule has 0 saturated heterocycles. The van der Waals surface area contributed by atoms with Crippen molar-refractivity contribution < 1.29 is 4.79 Å². The molecule has 0 unspecified atom stereocenters. The van der Waals surface area contributed by atoms with E-state index in [4.69, 9.17) is 0 Å². The summed E-state index contributed by atoms with van der Waals surface area (Å²) in [4.78, 5) is 23.4. The van der Waals surface area contributed by atoms with Gasteiger partial charge in [-0.1, -0.05) is 30.3 Å². The van der Waals surface area contributed by atoms with E-state index >= 15 is 0 Å². The van der Waals surface area contributed by atoms with E-state index in [2.05, 4.69) is 27.6 Å². The Morgan fingerprint density at radius 2 is 2.17 bits per heavy atom. The van der Waals surface area contributed by atoms with E-state index < -0.39 is 0 Å². The van der Waals surface area contributed by atoms with Gasteiger partial charge in [-0.15, -0.1) is 11.8 Å². The van der Waals surface area contributed by atoms with Crippen LogP contribution in [0.3, 0.4) is 0 Å². The number of nitrogens with zero attached hydrogens (tertiary/aromatic N) is 1. The first-order chi connectivity index (χ1) is 11.2. The van der Waals surface area contributed by atoms with Crippen molar-refractivity contribution in [2.24, 2.45) is 0 Å². The van der Waals surface area contributed by atoms with Crippen molar-refractivity contribution in [2.45, 2.75) is 31.1 Å². The highest BCUT2D eigenvalue weighted by Crippen LogP contribution is 2.18. The predicted octanol–water partition coefficient (Wildman–Crippen LogP) is 1.68. The summed E-state index contributed by atoms with van der Waals surface area (Å²) in [5.74, 6) is 1.34. The molecule has 23 heavy (non-hydrogen) atoms. The van der Waals surface area contributed by atoms with Crippen molar-refractivity contribution in [3.8, 4) is 0 Å². The number of fused-ring (bicyclic) bond motifs is 1. The Morgan fingerprint density at radius 3 is 3.00 bits per heavy atom. The van der Waals surface area contributed by atoms with Crippen molar-refractivity contribution >= 4 is 17.7 Å². The quantitative estimate of drug-likeness (QED) is 0.875. The highest BCUT2D eigenvalue weighted by Gasteiger charge is 2.21. The van der Waals surface area contributed by atoms with Gasteiger partial charge in [0.05, 0.1) is 11.4 Å². The van der Waals surface area contributed by atoms with Crippen LogP contribution in [0.2, 0.25) is 0 Å². The lowest BCUT2D eigenvalue weighted by Crippen LogP contribution is -2.40. The number of carbonyl (C=O) groups excluding carboxylic acids is 1. The summed E-state index contributed by atoms with van der Waals surface area (Å²) in [6.45, 7) is 0. The molecule has 0 radical (unpaired) electrons. The van der Waals surface area contributed by atoms with E-state index in [1.54, 1.807) is 17.8 Å². The molecule has 1 aliphatic rings. The number of benzene rings is 1. The molecule has 0 aliphatic heterocycles. The average Bonchev–Trinajstić information content (AvgIpc) is 2.55. The van der Waals surface area contributed by atoms with Crippen LogP contribution < -0.4 is 10.9 Å². The maximum Gasteiger partial charge on any atom is 0.264 e. The zero-order chi connectivity index (χ0) is 16.1. The topological polar surface area (TPSA) is 74.8 Å². The summed E-state index contributed by atoms with van der Waals surface area (Å²) in [5, 5.41) is 9.59. The van der Waals surface area contributed by atoms with Gasteiger partial charge in [0, 0.05) is 17.9 Å². The Balaban J connectivity index is 1.46. The minimum atomic E-state index is -0.186. The van der Waals surface area contributed by atoms with Gasteiger partial charge in [0.15, 0.2) is 0 Å². The summed E-state index contributed by atoms with van der Waals surface area (Å²) in [7, 11) is 0. The Bertz CT molecular complexity index is 730. The van der Waals surface area contributed by atoms with Crippen molar-refractivity contribution in [1.29, 1.82) is 0 Å². The Morgan fingerprint density at radius 1 is 1.35 bits per heavy atom. The smallest absolute Gasteiger partial charge is 0.264 e. The third-order valence-electron chi connectivity index (χ3n) is 3.88. The molecule has 1 aromatic heterocycles. The number of nitrogens with one attached hydrogen (secondary N) is 2. The van der Waals surface area contributed by atoms with E-state index in [0.717, 1.165) is 29.9 Å². The normalized spacial score (nSPS) is 16.6. The summed E-state index contributed by atoms with van der Waals surface area (Å²) in [6.07, 6.45) is 2.33. The van der Waals surface area contributed by atoms with Crippen LogP contribution in [0.5, 0.6) is 0 Å². The van der Waals surface area contributed by atoms with E-state index in [9.17, 15) is 9.59 Å². The number of hydrogen-bond acceptors (Lipinski definition) is 4. The Hall–Kier alpha value is -2.08. The summed E-state index contributed by atoms with van der Waals surface area (Å²) in [5.41, 5.74) is 2.92. The van der Waals surface area contributed by atoms with E-state index in [-0.39, 0.29) is 17.5 Å². The zero-order valence-corrected chi connectivity index (χ0v) is 13.6. The first kappa shape index (κ1) is 15.8. The summed E-state index contributed by atoms with van der Waals surface area (Å²) >= 11 is 1.61. The molecule has 2 aromatic rings. The lowest BCUT2D eigenvalue weighted by molar-refractivity contribution is -0.119. The van der Waals surface area contributed by atoms with E-state index in [1.807, 2.05) is 18.2 Å². The number of aryl methyl sites for hydroxylation is 1. The first-order valence-corrected chi connectivity index (χ1v) is 8.84. The number of aromatic amines is 1. The second-order valence-corrected chi connectivity index (χ2v) is 6.68. The fourth-order valence-corrected chi connectivity index (χ4v) is 3.57. The lowest BCUT2D eigenvalue weighted by Gasteiger charge is -2.24. The maximum absolute atomic E-state index is 12.1. The van der Waals surface area contributed by atoms with Crippen LogP contribution in [0.15, 0.2) is 41.2 Å². The first-order valence-electron chi connectivity index (χ1n) is 7.69. The van der Waals surface area contributed by atoms with Gasteiger partial charge in [-0.2, -0.15) is 5.10 Å². The third kappa shape index (κ3) is 4.45. The number of rotatable bonds is 5. The highest BCUT2D eigenvalue weighted by atomic mass is 32.2. The minimum Gasteiger partial charge on any atom is -0.352 e. The van der Waals surface area contributed by atoms with Crippen LogP contribution in [0.4, 0.5) is 0 Å². The SMILES string of the molecule is O=C(CSCc1ccccc1)N[C@H]1CCc2n[nH]c(=O)cc2C1. The zero-order valence-electron chi connectivity index (χ0n) is 12.7. The minimum absolute atomic E-state index is 0.0529. The Labute approximate surface area is 138 Å². The molecule has 1 aliphatic carbocycles. The second-order valence-electron chi connectivity index (χ2n) is 5.69. The fraction of sp³-hybridized carbons (Fsp3) is 0.353. The van der Waals surface area contributed by atoms with Crippen LogP contribution in [0.25, 0.3) is 0 Å². The van der Waals surface area contributed by atoms with Gasteiger partial charge >= 0.3 is 0 Å². The molecule has 3 rings (SSSR count). The number of H-pyrrole nitrogens is 1. The molecule has 0 spiro atoms. The molecule has 2 N–H and O–H groups in total. The largest absolute Gasteiger partial charge is 0.352 e. The molecule has 120 valence electrons. The highest BCUT2D eigenvalue weighted by molar-refractivity contribution is 7.99. The van der Waals surface area contributed by atoms with Gasteiger partial charge in [-0.3, -0.25) is 9.59 Å². The molecule has 5 nitrogen and oxygen atoms in total. The van der Waals surface area contributed by atoms with Gasteiger partial charge in [0.2, 0.25) is 5.91 Å². The second kappa shape index (κ2) is 7.46. The van der Waals surface area contributed by atoms with E-state index in [1.165, 1.54) is 5.56 Å². The molecule has 0 fully saturated rings. The van der Waals surface area contributed by atoms with Gasteiger partial charge in [0.25, 0.3) is 5.56 Å². The van der Waals surface area contributed by atoms with Crippen molar-refractivity contribution in [2.75, 3.05) is 5.75 Å². The third-order valence-corrected chi connectivity index (χ3v) is 4.89. The number of amides is 1. The van der Waals surface area contributed by atoms with E-state index in [0.29, 0.717) is 12.2 Å². The number of thioether (sulfide) groups is 1. The molecule has 0 bridgehead atoms.